The fraction of sp³-hybridized carbons (Fsp3) is 0.438. The molecule has 0 saturated heterocycles. The van der Waals surface area contributed by atoms with Crippen LogP contribution in [0.5, 0.6) is 0 Å². The zero-order valence-electron chi connectivity index (χ0n) is 12.4. The maximum absolute atomic E-state index is 6.35. The number of hydrogen-bond acceptors (Lipinski definition) is 2. The van der Waals surface area contributed by atoms with Crippen LogP contribution in [-0.4, -0.2) is 16.3 Å². The maximum atomic E-state index is 6.35. The molecule has 1 aromatic carbocycles. The van der Waals surface area contributed by atoms with Crippen molar-refractivity contribution in [2.45, 2.75) is 32.7 Å². The van der Waals surface area contributed by atoms with E-state index in [-0.39, 0.29) is 6.04 Å². The van der Waals surface area contributed by atoms with E-state index in [1.807, 2.05) is 20.0 Å². The third kappa shape index (κ3) is 3.41. The molecule has 1 heterocycles. The molecular formula is C16H22ClN3. The number of halogens is 1. The largest absolute Gasteiger partial charge is 0.310 e. The molecule has 1 aromatic heterocycles. The summed E-state index contributed by atoms with van der Waals surface area (Å²) < 4.78 is 1.74. The van der Waals surface area contributed by atoms with Gasteiger partial charge in [0.15, 0.2) is 0 Å². The summed E-state index contributed by atoms with van der Waals surface area (Å²) in [5.74, 6) is 0. The lowest BCUT2D eigenvalue weighted by atomic mass is 9.99. The molecule has 108 valence electrons. The summed E-state index contributed by atoms with van der Waals surface area (Å²) in [7, 11) is 1.88. The molecule has 1 unspecified atom stereocenters. The number of aromatic nitrogens is 2. The van der Waals surface area contributed by atoms with Gasteiger partial charge in [0.2, 0.25) is 0 Å². The van der Waals surface area contributed by atoms with Gasteiger partial charge in [-0.1, -0.05) is 48.9 Å². The van der Waals surface area contributed by atoms with E-state index in [1.165, 1.54) is 5.56 Å². The van der Waals surface area contributed by atoms with Crippen LogP contribution in [0.1, 0.15) is 36.2 Å². The molecule has 0 amide bonds. The summed E-state index contributed by atoms with van der Waals surface area (Å²) in [5, 5.41) is 8.73. The number of rotatable bonds is 6. The van der Waals surface area contributed by atoms with Gasteiger partial charge in [0.05, 0.1) is 5.69 Å². The minimum atomic E-state index is 0.275. The lowest BCUT2D eigenvalue weighted by molar-refractivity contribution is 0.528. The number of aryl methyl sites for hydroxylation is 2. The van der Waals surface area contributed by atoms with Crippen LogP contribution in [0.4, 0.5) is 0 Å². The molecule has 3 nitrogen and oxygen atoms in total. The van der Waals surface area contributed by atoms with Crippen molar-refractivity contribution in [1.29, 1.82) is 0 Å². The highest BCUT2D eigenvalue weighted by Crippen LogP contribution is 2.25. The van der Waals surface area contributed by atoms with Gasteiger partial charge < -0.3 is 5.32 Å². The van der Waals surface area contributed by atoms with E-state index in [0.717, 1.165) is 35.8 Å². The first-order chi connectivity index (χ1) is 9.63. The molecule has 2 rings (SSSR count). The van der Waals surface area contributed by atoms with Crippen molar-refractivity contribution in [2.24, 2.45) is 7.05 Å². The van der Waals surface area contributed by atoms with Crippen molar-refractivity contribution in [3.63, 3.8) is 0 Å². The topological polar surface area (TPSA) is 29.9 Å². The number of nitrogens with zero attached hydrogens (tertiary/aromatic N) is 2. The first kappa shape index (κ1) is 15.1. The van der Waals surface area contributed by atoms with Gasteiger partial charge in [-0.05, 0) is 31.9 Å². The summed E-state index contributed by atoms with van der Waals surface area (Å²) in [5.41, 5.74) is 3.43. The summed E-state index contributed by atoms with van der Waals surface area (Å²) in [6.07, 6.45) is 1.98. The van der Waals surface area contributed by atoms with Crippen LogP contribution in [0.2, 0.25) is 5.15 Å². The summed E-state index contributed by atoms with van der Waals surface area (Å²) in [6, 6.07) is 10.8. The Bertz CT molecular complexity index is 548. The average Bonchev–Trinajstić information content (AvgIpc) is 2.70. The second-order valence-electron chi connectivity index (χ2n) is 5.10. The van der Waals surface area contributed by atoms with Gasteiger partial charge in [0, 0.05) is 18.7 Å². The van der Waals surface area contributed by atoms with E-state index in [9.17, 15) is 0 Å². The van der Waals surface area contributed by atoms with Crippen molar-refractivity contribution in [3.8, 4) is 0 Å². The zero-order valence-corrected chi connectivity index (χ0v) is 13.1. The van der Waals surface area contributed by atoms with E-state index < -0.39 is 0 Å². The van der Waals surface area contributed by atoms with Crippen molar-refractivity contribution in [1.82, 2.24) is 15.1 Å². The van der Waals surface area contributed by atoms with E-state index in [0.29, 0.717) is 0 Å². The van der Waals surface area contributed by atoms with E-state index in [1.54, 1.807) is 4.68 Å². The van der Waals surface area contributed by atoms with Crippen LogP contribution in [-0.2, 0) is 13.5 Å². The molecule has 0 spiro atoms. The Morgan fingerprint density at radius 3 is 2.55 bits per heavy atom. The third-order valence-corrected chi connectivity index (χ3v) is 3.99. The number of hydrogen-bond donors (Lipinski definition) is 1. The third-order valence-electron chi connectivity index (χ3n) is 3.52. The fourth-order valence-electron chi connectivity index (χ4n) is 2.42. The lowest BCUT2D eigenvalue weighted by Gasteiger charge is -2.19. The fourth-order valence-corrected chi connectivity index (χ4v) is 2.67. The van der Waals surface area contributed by atoms with Crippen LogP contribution in [0.25, 0.3) is 0 Å². The SMILES string of the molecule is CCCNC(Cc1c(C)nn(C)c1Cl)c1ccccc1. The molecule has 20 heavy (non-hydrogen) atoms. The Kier molecular flexibility index (Phi) is 5.21. The van der Waals surface area contributed by atoms with E-state index >= 15 is 0 Å². The van der Waals surface area contributed by atoms with Gasteiger partial charge in [0.25, 0.3) is 0 Å². The molecule has 0 radical (unpaired) electrons. The Labute approximate surface area is 126 Å². The summed E-state index contributed by atoms with van der Waals surface area (Å²) in [4.78, 5) is 0. The smallest absolute Gasteiger partial charge is 0.130 e. The molecule has 0 aliphatic rings. The molecule has 2 aromatic rings. The van der Waals surface area contributed by atoms with Gasteiger partial charge in [-0.2, -0.15) is 5.10 Å². The minimum absolute atomic E-state index is 0.275. The standard InChI is InChI=1S/C16H22ClN3/c1-4-10-18-15(13-8-6-5-7-9-13)11-14-12(2)19-20(3)16(14)17/h5-9,15,18H,4,10-11H2,1-3H3. The molecular weight excluding hydrogens is 270 g/mol. The van der Waals surface area contributed by atoms with Crippen LogP contribution >= 0.6 is 11.6 Å². The van der Waals surface area contributed by atoms with Crippen molar-refractivity contribution in [2.75, 3.05) is 6.54 Å². The average molecular weight is 292 g/mol. The van der Waals surface area contributed by atoms with Crippen LogP contribution < -0.4 is 5.32 Å². The predicted molar refractivity (Wildman–Crippen MR) is 84.1 cm³/mol. The lowest BCUT2D eigenvalue weighted by Crippen LogP contribution is -2.24. The monoisotopic (exact) mass is 291 g/mol. The highest BCUT2D eigenvalue weighted by atomic mass is 35.5. The Morgan fingerprint density at radius 1 is 1.30 bits per heavy atom. The Morgan fingerprint density at radius 2 is 2.00 bits per heavy atom. The maximum Gasteiger partial charge on any atom is 0.130 e. The highest BCUT2D eigenvalue weighted by Gasteiger charge is 2.18. The van der Waals surface area contributed by atoms with Gasteiger partial charge in [0.1, 0.15) is 5.15 Å². The molecule has 0 aliphatic heterocycles. The molecule has 0 aliphatic carbocycles. The second-order valence-corrected chi connectivity index (χ2v) is 5.46. The predicted octanol–water partition coefficient (Wildman–Crippen LogP) is 3.67. The zero-order chi connectivity index (χ0) is 14.5. The molecule has 0 bridgehead atoms. The van der Waals surface area contributed by atoms with Crippen LogP contribution in [0, 0.1) is 6.92 Å². The summed E-state index contributed by atoms with van der Waals surface area (Å²) in [6.45, 7) is 5.19. The molecule has 1 N–H and O–H groups in total. The summed E-state index contributed by atoms with van der Waals surface area (Å²) >= 11 is 6.35. The van der Waals surface area contributed by atoms with Crippen molar-refractivity contribution < 1.29 is 0 Å². The molecule has 1 atom stereocenters. The van der Waals surface area contributed by atoms with Gasteiger partial charge in [-0.3, -0.25) is 4.68 Å². The van der Waals surface area contributed by atoms with E-state index in [4.69, 9.17) is 11.6 Å². The highest BCUT2D eigenvalue weighted by molar-refractivity contribution is 6.30. The first-order valence-electron chi connectivity index (χ1n) is 7.09. The van der Waals surface area contributed by atoms with Crippen molar-refractivity contribution >= 4 is 11.6 Å². The Balaban J connectivity index is 2.24. The Hall–Kier alpha value is -1.32. The first-order valence-corrected chi connectivity index (χ1v) is 7.47. The number of benzene rings is 1. The van der Waals surface area contributed by atoms with E-state index in [2.05, 4.69) is 41.6 Å². The second kappa shape index (κ2) is 6.91. The van der Waals surface area contributed by atoms with Crippen molar-refractivity contribution in [3.05, 3.63) is 52.3 Å². The molecule has 4 heteroatoms. The van der Waals surface area contributed by atoms with Crippen LogP contribution in [0.15, 0.2) is 30.3 Å². The normalized spacial score (nSPS) is 12.6. The number of nitrogens with one attached hydrogen (secondary N) is 1. The van der Waals surface area contributed by atoms with Crippen LogP contribution in [0.3, 0.4) is 0 Å². The van der Waals surface area contributed by atoms with Gasteiger partial charge in [-0.15, -0.1) is 0 Å². The van der Waals surface area contributed by atoms with Gasteiger partial charge in [-0.25, -0.2) is 0 Å². The van der Waals surface area contributed by atoms with Gasteiger partial charge >= 0.3 is 0 Å². The minimum Gasteiger partial charge on any atom is -0.310 e. The quantitative estimate of drug-likeness (QED) is 0.880. The molecule has 0 saturated carbocycles. The molecule has 0 fully saturated rings.